The van der Waals surface area contributed by atoms with Gasteiger partial charge >= 0.3 is 0 Å². The molecule has 2 atom stereocenters. The van der Waals surface area contributed by atoms with Crippen molar-refractivity contribution < 1.29 is 0 Å². The molecular formula is C12H19N. The van der Waals surface area contributed by atoms with Crippen LogP contribution < -0.4 is 0 Å². The normalized spacial score (nSPS) is 15.3. The van der Waals surface area contributed by atoms with E-state index in [-0.39, 0.29) is 0 Å². The van der Waals surface area contributed by atoms with Gasteiger partial charge in [0.05, 0.1) is 0 Å². The topological polar surface area (TPSA) is 12.9 Å². The molecule has 0 fully saturated rings. The van der Waals surface area contributed by atoms with Crippen LogP contribution in [0.4, 0.5) is 0 Å². The van der Waals surface area contributed by atoms with Crippen molar-refractivity contribution in [1.29, 1.82) is 0 Å². The Kier molecular flexibility index (Phi) is 3.94. The van der Waals surface area contributed by atoms with E-state index in [4.69, 9.17) is 0 Å². The highest BCUT2D eigenvalue weighted by Crippen LogP contribution is 2.23. The van der Waals surface area contributed by atoms with Crippen LogP contribution in [0.3, 0.4) is 0 Å². The van der Waals surface area contributed by atoms with Gasteiger partial charge in [-0.05, 0) is 36.0 Å². The molecule has 0 radical (unpaired) electrons. The predicted molar refractivity (Wildman–Crippen MR) is 56.7 cm³/mol. The molecule has 0 N–H and O–H groups in total. The molecule has 0 aliphatic rings. The Hall–Kier alpha value is -0.850. The molecule has 1 nitrogen and oxygen atoms in total. The molecule has 0 amide bonds. The molecule has 72 valence electrons. The minimum absolute atomic E-state index is 0.665. The van der Waals surface area contributed by atoms with Crippen LogP contribution in [0, 0.1) is 5.92 Å². The lowest BCUT2D eigenvalue weighted by molar-refractivity contribution is 0.471. The number of hydrogen-bond donors (Lipinski definition) is 0. The molecular weight excluding hydrogens is 158 g/mol. The molecule has 0 bridgehead atoms. The summed E-state index contributed by atoms with van der Waals surface area (Å²) < 4.78 is 0. The molecule has 1 heteroatoms. The van der Waals surface area contributed by atoms with Crippen molar-refractivity contribution in [3.63, 3.8) is 0 Å². The van der Waals surface area contributed by atoms with Crippen LogP contribution in [-0.2, 0) is 0 Å². The zero-order chi connectivity index (χ0) is 9.68. The fourth-order valence-electron chi connectivity index (χ4n) is 1.60. The number of hydrogen-bond acceptors (Lipinski definition) is 1. The summed E-state index contributed by atoms with van der Waals surface area (Å²) >= 11 is 0. The highest BCUT2D eigenvalue weighted by Gasteiger charge is 2.08. The zero-order valence-electron chi connectivity index (χ0n) is 8.83. The molecule has 0 saturated heterocycles. The molecule has 13 heavy (non-hydrogen) atoms. The first kappa shape index (κ1) is 10.2. The van der Waals surface area contributed by atoms with Gasteiger partial charge in [0.15, 0.2) is 0 Å². The average Bonchev–Trinajstić information content (AvgIpc) is 2.19. The third-order valence-electron chi connectivity index (χ3n) is 2.73. The smallest absolute Gasteiger partial charge is 0.0270 e. The maximum atomic E-state index is 4.03. The molecule has 0 aromatic carbocycles. The van der Waals surface area contributed by atoms with E-state index in [0.717, 1.165) is 5.92 Å². The number of pyridine rings is 1. The summed E-state index contributed by atoms with van der Waals surface area (Å²) in [6, 6.07) is 4.24. The molecule has 1 aromatic rings. The number of aromatic nitrogens is 1. The van der Waals surface area contributed by atoms with Crippen molar-refractivity contribution in [2.75, 3.05) is 0 Å². The zero-order valence-corrected chi connectivity index (χ0v) is 8.83. The summed E-state index contributed by atoms with van der Waals surface area (Å²) in [7, 11) is 0. The van der Waals surface area contributed by atoms with Gasteiger partial charge in [0.1, 0.15) is 0 Å². The van der Waals surface area contributed by atoms with E-state index in [1.54, 1.807) is 0 Å². The Morgan fingerprint density at radius 3 is 2.38 bits per heavy atom. The van der Waals surface area contributed by atoms with Crippen LogP contribution in [0.15, 0.2) is 24.5 Å². The van der Waals surface area contributed by atoms with Gasteiger partial charge in [0.2, 0.25) is 0 Å². The summed E-state index contributed by atoms with van der Waals surface area (Å²) in [4.78, 5) is 4.03. The molecule has 0 saturated carbocycles. The molecule has 0 aliphatic heterocycles. The Bertz CT molecular complexity index is 230. The maximum Gasteiger partial charge on any atom is 0.0270 e. The standard InChI is InChI=1S/C12H19N/c1-4-10(2)9-11(3)12-5-7-13-8-6-12/h5-8,10-11H,4,9H2,1-3H3/t10-,11-/m1/s1. The highest BCUT2D eigenvalue weighted by molar-refractivity contribution is 5.14. The van der Waals surface area contributed by atoms with Crippen molar-refractivity contribution in [2.45, 2.75) is 39.5 Å². The Morgan fingerprint density at radius 1 is 1.23 bits per heavy atom. The van der Waals surface area contributed by atoms with E-state index < -0.39 is 0 Å². The lowest BCUT2D eigenvalue weighted by Crippen LogP contribution is -2.00. The van der Waals surface area contributed by atoms with Crippen molar-refractivity contribution in [1.82, 2.24) is 4.98 Å². The summed E-state index contributed by atoms with van der Waals surface area (Å²) in [6.45, 7) is 6.86. The van der Waals surface area contributed by atoms with Crippen LogP contribution in [0.25, 0.3) is 0 Å². The van der Waals surface area contributed by atoms with Crippen LogP contribution >= 0.6 is 0 Å². The van der Waals surface area contributed by atoms with Gasteiger partial charge in [-0.2, -0.15) is 0 Å². The second-order valence-corrected chi connectivity index (χ2v) is 3.93. The van der Waals surface area contributed by atoms with Crippen LogP contribution in [0.2, 0.25) is 0 Å². The third kappa shape index (κ3) is 3.17. The Morgan fingerprint density at radius 2 is 1.85 bits per heavy atom. The minimum atomic E-state index is 0.665. The van der Waals surface area contributed by atoms with Crippen molar-refractivity contribution in [3.05, 3.63) is 30.1 Å². The van der Waals surface area contributed by atoms with E-state index in [9.17, 15) is 0 Å². The van der Waals surface area contributed by atoms with Gasteiger partial charge in [-0.25, -0.2) is 0 Å². The average molecular weight is 177 g/mol. The summed E-state index contributed by atoms with van der Waals surface area (Å²) in [5.74, 6) is 1.49. The minimum Gasteiger partial charge on any atom is -0.265 e. The summed E-state index contributed by atoms with van der Waals surface area (Å²) in [5.41, 5.74) is 1.41. The van der Waals surface area contributed by atoms with E-state index in [1.165, 1.54) is 18.4 Å². The number of nitrogens with zero attached hydrogens (tertiary/aromatic N) is 1. The Balaban J connectivity index is 2.53. The summed E-state index contributed by atoms with van der Waals surface area (Å²) in [6.07, 6.45) is 6.31. The van der Waals surface area contributed by atoms with Crippen LogP contribution in [0.5, 0.6) is 0 Å². The Labute approximate surface area is 81.2 Å². The number of rotatable bonds is 4. The lowest BCUT2D eigenvalue weighted by atomic mass is 9.90. The first-order valence-corrected chi connectivity index (χ1v) is 5.14. The largest absolute Gasteiger partial charge is 0.265 e. The molecule has 0 spiro atoms. The van der Waals surface area contributed by atoms with E-state index >= 15 is 0 Å². The van der Waals surface area contributed by atoms with Gasteiger partial charge in [-0.1, -0.05) is 27.2 Å². The SMILES string of the molecule is CC[C@@H](C)C[C@@H](C)c1ccncc1. The quantitative estimate of drug-likeness (QED) is 0.684. The van der Waals surface area contributed by atoms with Crippen LogP contribution in [-0.4, -0.2) is 4.98 Å². The molecule has 0 aliphatic carbocycles. The van der Waals surface area contributed by atoms with Crippen LogP contribution in [0.1, 0.15) is 45.1 Å². The van der Waals surface area contributed by atoms with Gasteiger partial charge in [0, 0.05) is 12.4 Å². The summed E-state index contributed by atoms with van der Waals surface area (Å²) in [5, 5.41) is 0. The fraction of sp³-hybridized carbons (Fsp3) is 0.583. The molecule has 0 unspecified atom stereocenters. The van der Waals surface area contributed by atoms with Gasteiger partial charge in [0.25, 0.3) is 0 Å². The predicted octanol–water partition coefficient (Wildman–Crippen LogP) is 3.62. The molecule has 1 aromatic heterocycles. The monoisotopic (exact) mass is 177 g/mol. The lowest BCUT2D eigenvalue weighted by Gasteiger charge is -2.15. The maximum absolute atomic E-state index is 4.03. The van der Waals surface area contributed by atoms with E-state index in [1.807, 2.05) is 12.4 Å². The first-order chi connectivity index (χ1) is 6.24. The van der Waals surface area contributed by atoms with Gasteiger partial charge in [-0.15, -0.1) is 0 Å². The van der Waals surface area contributed by atoms with E-state index in [0.29, 0.717) is 5.92 Å². The third-order valence-corrected chi connectivity index (χ3v) is 2.73. The van der Waals surface area contributed by atoms with Crippen molar-refractivity contribution in [2.24, 2.45) is 5.92 Å². The molecule has 1 heterocycles. The highest BCUT2D eigenvalue weighted by atomic mass is 14.6. The van der Waals surface area contributed by atoms with Gasteiger partial charge in [-0.3, -0.25) is 4.98 Å². The van der Waals surface area contributed by atoms with E-state index in [2.05, 4.69) is 37.9 Å². The van der Waals surface area contributed by atoms with Crippen molar-refractivity contribution >= 4 is 0 Å². The molecule has 1 rings (SSSR count). The second kappa shape index (κ2) is 5.00. The van der Waals surface area contributed by atoms with Crippen molar-refractivity contribution in [3.8, 4) is 0 Å². The second-order valence-electron chi connectivity index (χ2n) is 3.93. The van der Waals surface area contributed by atoms with Gasteiger partial charge < -0.3 is 0 Å². The first-order valence-electron chi connectivity index (χ1n) is 5.14. The fourth-order valence-corrected chi connectivity index (χ4v) is 1.60.